The molecule has 2 aromatic rings. The molecule has 3 heterocycles. The van der Waals surface area contributed by atoms with Crippen molar-refractivity contribution in [2.24, 2.45) is 0 Å². The van der Waals surface area contributed by atoms with Crippen molar-refractivity contribution >= 4 is 21.6 Å². The van der Waals surface area contributed by atoms with Crippen LogP contribution in [0.4, 0.5) is 10.1 Å². The van der Waals surface area contributed by atoms with Gasteiger partial charge < -0.3 is 10.1 Å². The fraction of sp³-hybridized carbons (Fsp3) is 0.450. The van der Waals surface area contributed by atoms with Gasteiger partial charge in [-0.15, -0.1) is 0 Å². The van der Waals surface area contributed by atoms with Crippen molar-refractivity contribution in [3.05, 3.63) is 57.1 Å². The third-order valence-electron chi connectivity index (χ3n) is 5.51. The summed E-state index contributed by atoms with van der Waals surface area (Å²) in [6.45, 7) is 0.678. The molecule has 4 rings (SSSR count). The Labute approximate surface area is 183 Å². The first-order valence-electron chi connectivity index (χ1n) is 10.3. The minimum atomic E-state index is -3.58. The van der Waals surface area contributed by atoms with E-state index >= 15 is 0 Å². The predicted molar refractivity (Wildman–Crippen MR) is 112 cm³/mol. The average molecular weight is 466 g/mol. The Kier molecular flexibility index (Phi) is 6.26. The standard InChI is InChI=1S/C20H23FN4O6S/c21-16-12-24(18-4-3-11-31-18)20(28)25(19(16)27)13-17(26)22-14-5-7-15(8-6-14)32(29,30)23-9-1-2-10-23/h5-8,12,18H,1-4,9-11,13H2,(H,22,26)/t18-/m0/s1. The SMILES string of the molecule is O=C(Cn1c(=O)c(F)cn([C@@H]2CCCO2)c1=O)Nc1ccc(S(=O)(=O)N2CCCC2)cc1. The van der Waals surface area contributed by atoms with Crippen LogP contribution in [0.2, 0.25) is 0 Å². The predicted octanol–water partition coefficient (Wildman–Crippen LogP) is 0.881. The summed E-state index contributed by atoms with van der Waals surface area (Å²) < 4.78 is 47.5. The van der Waals surface area contributed by atoms with E-state index in [-0.39, 0.29) is 10.6 Å². The number of carbonyl (C=O) groups excluding carboxylic acids is 1. The van der Waals surface area contributed by atoms with Crippen LogP contribution in [0.1, 0.15) is 31.9 Å². The van der Waals surface area contributed by atoms with Crippen molar-refractivity contribution in [3.8, 4) is 0 Å². The van der Waals surface area contributed by atoms with E-state index in [4.69, 9.17) is 4.74 Å². The number of carbonyl (C=O) groups is 1. The van der Waals surface area contributed by atoms with Crippen LogP contribution in [-0.2, 0) is 26.1 Å². The number of halogens is 1. The minimum Gasteiger partial charge on any atom is -0.358 e. The number of benzene rings is 1. The molecular formula is C20H23FN4O6S. The van der Waals surface area contributed by atoms with Crippen LogP contribution < -0.4 is 16.6 Å². The van der Waals surface area contributed by atoms with Crippen molar-refractivity contribution in [3.63, 3.8) is 0 Å². The number of hydrogen-bond acceptors (Lipinski definition) is 6. The van der Waals surface area contributed by atoms with Crippen molar-refractivity contribution in [2.45, 2.75) is 43.4 Å². The van der Waals surface area contributed by atoms with E-state index in [0.29, 0.717) is 37.1 Å². The maximum Gasteiger partial charge on any atom is 0.333 e. The van der Waals surface area contributed by atoms with Gasteiger partial charge in [-0.05, 0) is 49.9 Å². The Bertz CT molecular complexity index is 1230. The van der Waals surface area contributed by atoms with Gasteiger partial charge in [-0.3, -0.25) is 14.2 Å². The molecule has 172 valence electrons. The number of aromatic nitrogens is 2. The van der Waals surface area contributed by atoms with Gasteiger partial charge in [0.15, 0.2) is 0 Å². The van der Waals surface area contributed by atoms with Gasteiger partial charge in [-0.2, -0.15) is 8.70 Å². The Hall–Kier alpha value is -2.83. The summed E-state index contributed by atoms with van der Waals surface area (Å²) in [5.74, 6) is -1.90. The molecule has 1 amide bonds. The molecule has 0 spiro atoms. The Morgan fingerprint density at radius 3 is 2.44 bits per heavy atom. The minimum absolute atomic E-state index is 0.109. The lowest BCUT2D eigenvalue weighted by atomic mass is 10.3. The molecule has 2 fully saturated rings. The number of nitrogens with one attached hydrogen (secondary N) is 1. The van der Waals surface area contributed by atoms with E-state index in [1.54, 1.807) is 0 Å². The van der Waals surface area contributed by atoms with Crippen molar-refractivity contribution in [1.82, 2.24) is 13.4 Å². The average Bonchev–Trinajstić information content (AvgIpc) is 3.49. The van der Waals surface area contributed by atoms with Crippen LogP contribution in [0.25, 0.3) is 0 Å². The number of hydrogen-bond donors (Lipinski definition) is 1. The molecule has 1 aromatic carbocycles. The maximum atomic E-state index is 14.1. The molecule has 0 unspecified atom stereocenters. The number of amides is 1. The van der Waals surface area contributed by atoms with Gasteiger partial charge in [-0.25, -0.2) is 17.8 Å². The van der Waals surface area contributed by atoms with E-state index in [1.807, 2.05) is 0 Å². The highest BCUT2D eigenvalue weighted by atomic mass is 32.2. The van der Waals surface area contributed by atoms with Crippen molar-refractivity contribution in [2.75, 3.05) is 25.0 Å². The zero-order chi connectivity index (χ0) is 22.9. The first-order valence-corrected chi connectivity index (χ1v) is 11.7. The van der Waals surface area contributed by atoms with E-state index < -0.39 is 45.8 Å². The Morgan fingerprint density at radius 2 is 1.81 bits per heavy atom. The molecule has 1 N–H and O–H groups in total. The number of sulfonamides is 1. The zero-order valence-electron chi connectivity index (χ0n) is 17.2. The van der Waals surface area contributed by atoms with Crippen LogP contribution in [0.5, 0.6) is 0 Å². The number of ether oxygens (including phenoxy) is 1. The Balaban J connectivity index is 1.49. The van der Waals surface area contributed by atoms with Crippen LogP contribution in [-0.4, -0.2) is 47.5 Å². The summed E-state index contributed by atoms with van der Waals surface area (Å²) in [7, 11) is -3.58. The van der Waals surface area contributed by atoms with Gasteiger partial charge in [0.2, 0.25) is 21.7 Å². The fourth-order valence-corrected chi connectivity index (χ4v) is 5.36. The lowest BCUT2D eigenvalue weighted by molar-refractivity contribution is -0.116. The largest absolute Gasteiger partial charge is 0.358 e. The van der Waals surface area contributed by atoms with E-state index in [2.05, 4.69) is 5.32 Å². The molecule has 12 heteroatoms. The molecule has 0 aliphatic carbocycles. The molecule has 2 saturated heterocycles. The second-order valence-corrected chi connectivity index (χ2v) is 9.65. The summed E-state index contributed by atoms with van der Waals surface area (Å²) in [6.07, 6.45) is 2.95. The topological polar surface area (TPSA) is 120 Å². The summed E-state index contributed by atoms with van der Waals surface area (Å²) >= 11 is 0. The Morgan fingerprint density at radius 1 is 1.12 bits per heavy atom. The molecule has 1 atom stereocenters. The summed E-state index contributed by atoms with van der Waals surface area (Å²) in [5, 5.41) is 2.49. The quantitative estimate of drug-likeness (QED) is 0.675. The monoisotopic (exact) mass is 466 g/mol. The lowest BCUT2D eigenvalue weighted by Gasteiger charge is -2.16. The number of rotatable bonds is 6. The van der Waals surface area contributed by atoms with Crippen molar-refractivity contribution < 1.29 is 22.3 Å². The van der Waals surface area contributed by atoms with Crippen LogP contribution in [0.3, 0.4) is 0 Å². The maximum absolute atomic E-state index is 14.1. The molecule has 1 aromatic heterocycles. The van der Waals surface area contributed by atoms with E-state index in [1.165, 1.54) is 28.6 Å². The second-order valence-electron chi connectivity index (χ2n) is 7.71. The van der Waals surface area contributed by atoms with Gasteiger partial charge in [-0.1, -0.05) is 0 Å². The van der Waals surface area contributed by atoms with E-state index in [0.717, 1.165) is 23.6 Å². The molecule has 32 heavy (non-hydrogen) atoms. The second kappa shape index (κ2) is 8.96. The third kappa shape index (κ3) is 4.38. The highest BCUT2D eigenvalue weighted by Crippen LogP contribution is 2.22. The molecule has 0 saturated carbocycles. The lowest BCUT2D eigenvalue weighted by Crippen LogP contribution is -2.44. The van der Waals surface area contributed by atoms with Gasteiger partial charge in [0.25, 0.3) is 5.56 Å². The van der Waals surface area contributed by atoms with Crippen LogP contribution in [0, 0.1) is 5.82 Å². The van der Waals surface area contributed by atoms with Gasteiger partial charge >= 0.3 is 5.69 Å². The van der Waals surface area contributed by atoms with Crippen molar-refractivity contribution in [1.29, 1.82) is 0 Å². The summed E-state index contributed by atoms with van der Waals surface area (Å²) in [5.41, 5.74) is -1.77. The third-order valence-corrected chi connectivity index (χ3v) is 7.43. The van der Waals surface area contributed by atoms with E-state index in [9.17, 15) is 27.2 Å². The number of anilines is 1. The molecule has 0 radical (unpaired) electrons. The molecule has 2 aliphatic heterocycles. The normalized spacial score (nSPS) is 19.3. The first-order chi connectivity index (χ1) is 15.3. The summed E-state index contributed by atoms with van der Waals surface area (Å²) in [4.78, 5) is 37.3. The highest BCUT2D eigenvalue weighted by molar-refractivity contribution is 7.89. The molecule has 0 bridgehead atoms. The first kappa shape index (κ1) is 22.4. The van der Waals surface area contributed by atoms with Gasteiger partial charge in [0, 0.05) is 25.4 Å². The van der Waals surface area contributed by atoms with Crippen LogP contribution >= 0.6 is 0 Å². The smallest absolute Gasteiger partial charge is 0.333 e. The van der Waals surface area contributed by atoms with Gasteiger partial charge in [0.1, 0.15) is 12.8 Å². The molecule has 2 aliphatic rings. The fourth-order valence-electron chi connectivity index (χ4n) is 3.85. The highest BCUT2D eigenvalue weighted by Gasteiger charge is 2.27. The summed E-state index contributed by atoms with van der Waals surface area (Å²) in [6, 6.07) is 5.59. The van der Waals surface area contributed by atoms with Crippen LogP contribution in [0.15, 0.2) is 44.9 Å². The molecule has 10 nitrogen and oxygen atoms in total. The molecular weight excluding hydrogens is 443 g/mol. The van der Waals surface area contributed by atoms with Gasteiger partial charge in [0.05, 0.1) is 11.1 Å². The number of nitrogens with zero attached hydrogens (tertiary/aromatic N) is 3. The zero-order valence-corrected chi connectivity index (χ0v) is 18.0.